The van der Waals surface area contributed by atoms with E-state index in [9.17, 15) is 5.26 Å². The number of nitrogens with zero attached hydrogens (tertiary/aromatic N) is 2. The highest BCUT2D eigenvalue weighted by Crippen LogP contribution is 2.25. The summed E-state index contributed by atoms with van der Waals surface area (Å²) in [5.41, 5.74) is -0.416. The minimum atomic E-state index is -0.416. The second-order valence-electron chi connectivity index (χ2n) is 6.05. The molecule has 0 spiro atoms. The Kier molecular flexibility index (Phi) is 6.25. The molecule has 1 saturated carbocycles. The van der Waals surface area contributed by atoms with Crippen LogP contribution in [0.1, 0.15) is 47.0 Å². The van der Waals surface area contributed by atoms with Crippen molar-refractivity contribution in [2.24, 2.45) is 0 Å². The molecule has 0 aromatic heterocycles. The third kappa shape index (κ3) is 5.10. The van der Waals surface area contributed by atoms with Crippen molar-refractivity contribution in [3.63, 3.8) is 0 Å². The molecule has 3 unspecified atom stereocenters. The largest absolute Gasteiger partial charge is 0.383 e. The van der Waals surface area contributed by atoms with Gasteiger partial charge < -0.3 is 4.74 Å². The molecule has 0 aromatic carbocycles. The third-order valence-electron chi connectivity index (χ3n) is 3.96. The molecule has 3 atom stereocenters. The van der Waals surface area contributed by atoms with Crippen LogP contribution in [-0.4, -0.2) is 48.8 Å². The SMILES string of the molecule is CCN(C(C)COC)C(C)CC(C)(C#N)NC1CC1. The first-order valence-corrected chi connectivity index (χ1v) is 7.39. The lowest BCUT2D eigenvalue weighted by molar-refractivity contribution is 0.0692. The fourth-order valence-electron chi connectivity index (χ4n) is 2.92. The predicted octanol–water partition coefficient (Wildman–Crippen LogP) is 2.16. The minimum Gasteiger partial charge on any atom is -0.383 e. The number of hydrogen-bond donors (Lipinski definition) is 1. The molecule has 0 radical (unpaired) electrons. The Hall–Kier alpha value is -0.630. The monoisotopic (exact) mass is 267 g/mol. The molecular formula is C15H29N3O. The van der Waals surface area contributed by atoms with E-state index in [1.165, 1.54) is 12.8 Å². The van der Waals surface area contributed by atoms with Crippen LogP contribution in [0.2, 0.25) is 0 Å². The first-order chi connectivity index (χ1) is 8.95. The van der Waals surface area contributed by atoms with Crippen LogP contribution >= 0.6 is 0 Å². The maximum atomic E-state index is 9.45. The van der Waals surface area contributed by atoms with Gasteiger partial charge in [-0.15, -0.1) is 0 Å². The van der Waals surface area contributed by atoms with Gasteiger partial charge in [-0.1, -0.05) is 6.92 Å². The molecule has 0 bridgehead atoms. The van der Waals surface area contributed by atoms with Gasteiger partial charge in [0.2, 0.25) is 0 Å². The number of rotatable bonds is 9. The minimum absolute atomic E-state index is 0.367. The highest BCUT2D eigenvalue weighted by atomic mass is 16.5. The van der Waals surface area contributed by atoms with Crippen LogP contribution in [0.5, 0.6) is 0 Å². The van der Waals surface area contributed by atoms with E-state index < -0.39 is 5.54 Å². The molecule has 1 fully saturated rings. The first-order valence-electron chi connectivity index (χ1n) is 7.39. The van der Waals surface area contributed by atoms with Crippen molar-refractivity contribution in [1.82, 2.24) is 10.2 Å². The second-order valence-corrected chi connectivity index (χ2v) is 6.05. The van der Waals surface area contributed by atoms with Gasteiger partial charge in [0.15, 0.2) is 0 Å². The molecule has 0 saturated heterocycles. The number of likely N-dealkylation sites (N-methyl/N-ethyl adjacent to an activating group) is 1. The lowest BCUT2D eigenvalue weighted by Crippen LogP contribution is -2.50. The lowest BCUT2D eigenvalue weighted by Gasteiger charge is -2.37. The first kappa shape index (κ1) is 16.4. The normalized spacial score (nSPS) is 21.7. The Morgan fingerprint density at radius 3 is 2.47 bits per heavy atom. The maximum Gasteiger partial charge on any atom is 0.105 e. The maximum absolute atomic E-state index is 9.45. The average molecular weight is 267 g/mol. The van der Waals surface area contributed by atoms with Gasteiger partial charge in [0.1, 0.15) is 5.54 Å². The Bertz CT molecular complexity index is 311. The van der Waals surface area contributed by atoms with Crippen LogP contribution in [0.3, 0.4) is 0 Å². The summed E-state index contributed by atoms with van der Waals surface area (Å²) in [6.07, 6.45) is 3.27. The van der Waals surface area contributed by atoms with E-state index in [1.807, 2.05) is 6.92 Å². The van der Waals surface area contributed by atoms with E-state index in [-0.39, 0.29) is 0 Å². The summed E-state index contributed by atoms with van der Waals surface area (Å²) < 4.78 is 5.25. The molecule has 1 aliphatic carbocycles. The fourth-order valence-corrected chi connectivity index (χ4v) is 2.92. The topological polar surface area (TPSA) is 48.3 Å². The molecule has 0 aromatic rings. The molecule has 0 amide bonds. The molecule has 1 N–H and O–H groups in total. The van der Waals surface area contributed by atoms with Gasteiger partial charge in [0.25, 0.3) is 0 Å². The zero-order valence-corrected chi connectivity index (χ0v) is 13.1. The number of nitrogens with one attached hydrogen (secondary N) is 1. The summed E-state index contributed by atoms with van der Waals surface area (Å²) in [5.74, 6) is 0. The summed E-state index contributed by atoms with van der Waals surface area (Å²) >= 11 is 0. The van der Waals surface area contributed by atoms with E-state index >= 15 is 0 Å². The molecule has 1 aliphatic rings. The Labute approximate surface area is 118 Å². The zero-order valence-electron chi connectivity index (χ0n) is 13.1. The predicted molar refractivity (Wildman–Crippen MR) is 78.0 cm³/mol. The van der Waals surface area contributed by atoms with Gasteiger partial charge >= 0.3 is 0 Å². The van der Waals surface area contributed by atoms with Crippen LogP contribution in [0.4, 0.5) is 0 Å². The molecule has 0 aliphatic heterocycles. The van der Waals surface area contributed by atoms with Crippen molar-refractivity contribution in [3.05, 3.63) is 0 Å². The molecule has 0 heterocycles. The van der Waals surface area contributed by atoms with Gasteiger partial charge in [0.05, 0.1) is 12.7 Å². The van der Waals surface area contributed by atoms with Crippen molar-refractivity contribution in [3.8, 4) is 6.07 Å². The number of methoxy groups -OCH3 is 1. The van der Waals surface area contributed by atoms with Crippen molar-refractivity contribution in [2.45, 2.75) is 70.6 Å². The standard InChI is InChI=1S/C15H29N3O/c1-6-18(13(3)10-19-5)12(2)9-15(4,11-16)17-14-7-8-14/h12-14,17H,6-10H2,1-5H3. The van der Waals surface area contributed by atoms with Gasteiger partial charge in [-0.05, 0) is 46.6 Å². The molecule has 4 nitrogen and oxygen atoms in total. The average Bonchev–Trinajstić information content (AvgIpc) is 3.13. The van der Waals surface area contributed by atoms with E-state index in [2.05, 4.69) is 37.1 Å². The van der Waals surface area contributed by atoms with Gasteiger partial charge in [-0.3, -0.25) is 10.2 Å². The highest BCUT2D eigenvalue weighted by Gasteiger charge is 2.35. The summed E-state index contributed by atoms with van der Waals surface area (Å²) in [7, 11) is 1.74. The summed E-state index contributed by atoms with van der Waals surface area (Å²) in [4.78, 5) is 2.41. The van der Waals surface area contributed by atoms with Crippen LogP contribution in [0.15, 0.2) is 0 Å². The van der Waals surface area contributed by atoms with Crippen molar-refractivity contribution in [1.29, 1.82) is 5.26 Å². The van der Waals surface area contributed by atoms with Crippen molar-refractivity contribution >= 4 is 0 Å². The van der Waals surface area contributed by atoms with Crippen molar-refractivity contribution in [2.75, 3.05) is 20.3 Å². The van der Waals surface area contributed by atoms with E-state index in [0.717, 1.165) is 19.6 Å². The Morgan fingerprint density at radius 1 is 1.42 bits per heavy atom. The van der Waals surface area contributed by atoms with Crippen molar-refractivity contribution < 1.29 is 4.74 Å². The zero-order chi connectivity index (χ0) is 14.5. The van der Waals surface area contributed by atoms with E-state index in [1.54, 1.807) is 7.11 Å². The van der Waals surface area contributed by atoms with Crippen LogP contribution < -0.4 is 5.32 Å². The molecule has 110 valence electrons. The third-order valence-corrected chi connectivity index (χ3v) is 3.96. The number of nitriles is 1. The van der Waals surface area contributed by atoms with E-state index in [0.29, 0.717) is 18.1 Å². The highest BCUT2D eigenvalue weighted by molar-refractivity contribution is 5.08. The van der Waals surface area contributed by atoms with Gasteiger partial charge in [0, 0.05) is 25.2 Å². The van der Waals surface area contributed by atoms with Crippen LogP contribution in [-0.2, 0) is 4.74 Å². The second kappa shape index (κ2) is 7.23. The number of ether oxygens (including phenoxy) is 1. The summed E-state index contributed by atoms with van der Waals surface area (Å²) in [6.45, 7) is 10.3. The number of hydrogen-bond acceptors (Lipinski definition) is 4. The Morgan fingerprint density at radius 2 is 2.05 bits per heavy atom. The smallest absolute Gasteiger partial charge is 0.105 e. The molecule has 4 heteroatoms. The fraction of sp³-hybridized carbons (Fsp3) is 0.933. The van der Waals surface area contributed by atoms with Crippen LogP contribution in [0, 0.1) is 11.3 Å². The summed E-state index contributed by atoms with van der Waals surface area (Å²) in [5, 5.41) is 12.9. The Balaban J connectivity index is 2.58. The lowest BCUT2D eigenvalue weighted by atomic mass is 9.93. The van der Waals surface area contributed by atoms with Crippen LogP contribution in [0.25, 0.3) is 0 Å². The van der Waals surface area contributed by atoms with Gasteiger partial charge in [-0.25, -0.2) is 0 Å². The molecule has 1 rings (SSSR count). The van der Waals surface area contributed by atoms with Gasteiger partial charge in [-0.2, -0.15) is 5.26 Å². The quantitative estimate of drug-likeness (QED) is 0.695. The molecule has 19 heavy (non-hydrogen) atoms. The molecular weight excluding hydrogens is 238 g/mol. The van der Waals surface area contributed by atoms with E-state index in [4.69, 9.17) is 4.74 Å². The summed E-state index contributed by atoms with van der Waals surface area (Å²) in [6, 6.07) is 3.77.